The van der Waals surface area contributed by atoms with Gasteiger partial charge in [0.15, 0.2) is 0 Å². The number of aromatic hydroxyl groups is 1. The summed E-state index contributed by atoms with van der Waals surface area (Å²) in [6, 6.07) is 7.07. The van der Waals surface area contributed by atoms with Crippen molar-refractivity contribution < 1.29 is 9.90 Å². The summed E-state index contributed by atoms with van der Waals surface area (Å²) in [5.41, 5.74) is 0.969. The van der Waals surface area contributed by atoms with Crippen LogP contribution in [0.4, 0.5) is 0 Å². The van der Waals surface area contributed by atoms with Crippen LogP contribution < -0.4 is 5.32 Å². The van der Waals surface area contributed by atoms with Gasteiger partial charge < -0.3 is 15.3 Å². The lowest BCUT2D eigenvalue weighted by molar-refractivity contribution is -0.136. The Labute approximate surface area is 120 Å². The highest BCUT2D eigenvalue weighted by atomic mass is 16.3. The van der Waals surface area contributed by atoms with Crippen LogP contribution in [0.1, 0.15) is 44.7 Å². The van der Waals surface area contributed by atoms with Gasteiger partial charge in [0.1, 0.15) is 5.75 Å². The van der Waals surface area contributed by atoms with E-state index in [0.717, 1.165) is 31.4 Å². The number of nitrogens with one attached hydrogen (secondary N) is 1. The van der Waals surface area contributed by atoms with Crippen LogP contribution in [-0.2, 0) is 4.79 Å². The van der Waals surface area contributed by atoms with Crippen molar-refractivity contribution in [3.8, 4) is 5.75 Å². The standard InChI is InChI=1S/C16H24N2O2/c1-3-18(16(20)15-9-4-5-10-17-15)12(2)13-7-6-8-14(19)11-13/h6-8,11-12,15,17,19H,3-5,9-10H2,1-2H3. The van der Waals surface area contributed by atoms with E-state index in [1.165, 1.54) is 0 Å². The summed E-state index contributed by atoms with van der Waals surface area (Å²) in [5.74, 6) is 0.414. The lowest BCUT2D eigenvalue weighted by Crippen LogP contribution is -2.49. The first kappa shape index (κ1) is 14.9. The van der Waals surface area contributed by atoms with Gasteiger partial charge in [0.2, 0.25) is 5.91 Å². The number of rotatable bonds is 4. The van der Waals surface area contributed by atoms with Crippen LogP contribution in [0, 0.1) is 0 Å². The molecule has 2 rings (SSSR count). The van der Waals surface area contributed by atoms with Gasteiger partial charge in [-0.1, -0.05) is 18.6 Å². The predicted molar refractivity (Wildman–Crippen MR) is 79.6 cm³/mol. The van der Waals surface area contributed by atoms with Crippen LogP contribution in [0.25, 0.3) is 0 Å². The number of carbonyl (C=O) groups is 1. The number of carbonyl (C=O) groups excluding carboxylic acids is 1. The van der Waals surface area contributed by atoms with Gasteiger partial charge >= 0.3 is 0 Å². The number of likely N-dealkylation sites (N-methyl/N-ethyl adjacent to an activating group) is 1. The Bertz CT molecular complexity index is 456. The molecule has 2 unspecified atom stereocenters. The molecule has 0 spiro atoms. The highest BCUT2D eigenvalue weighted by molar-refractivity contribution is 5.82. The van der Waals surface area contributed by atoms with Crippen molar-refractivity contribution in [3.05, 3.63) is 29.8 Å². The fourth-order valence-electron chi connectivity index (χ4n) is 2.85. The number of nitrogens with zero attached hydrogens (tertiary/aromatic N) is 1. The van der Waals surface area contributed by atoms with Gasteiger partial charge in [-0.2, -0.15) is 0 Å². The summed E-state index contributed by atoms with van der Waals surface area (Å²) in [5, 5.41) is 12.9. The van der Waals surface area contributed by atoms with Gasteiger partial charge in [-0.05, 0) is 50.9 Å². The number of amides is 1. The van der Waals surface area contributed by atoms with Crippen molar-refractivity contribution in [2.45, 2.75) is 45.2 Å². The average Bonchev–Trinajstić information content (AvgIpc) is 2.48. The number of benzene rings is 1. The second-order valence-corrected chi connectivity index (χ2v) is 5.40. The summed E-state index contributed by atoms with van der Waals surface area (Å²) in [7, 11) is 0. The molecular formula is C16H24N2O2. The largest absolute Gasteiger partial charge is 0.508 e. The minimum Gasteiger partial charge on any atom is -0.508 e. The van der Waals surface area contributed by atoms with E-state index < -0.39 is 0 Å². The van der Waals surface area contributed by atoms with Crippen molar-refractivity contribution in [1.82, 2.24) is 10.2 Å². The maximum atomic E-state index is 12.6. The molecule has 4 nitrogen and oxygen atoms in total. The molecule has 1 fully saturated rings. The van der Waals surface area contributed by atoms with Crippen molar-refractivity contribution >= 4 is 5.91 Å². The summed E-state index contributed by atoms with van der Waals surface area (Å²) in [6.07, 6.45) is 3.18. The van der Waals surface area contributed by atoms with Gasteiger partial charge in [0, 0.05) is 6.54 Å². The van der Waals surface area contributed by atoms with Crippen molar-refractivity contribution in [2.75, 3.05) is 13.1 Å². The van der Waals surface area contributed by atoms with Crippen LogP contribution in [0.15, 0.2) is 24.3 Å². The van der Waals surface area contributed by atoms with E-state index in [-0.39, 0.29) is 23.7 Å². The Morgan fingerprint density at radius 2 is 2.30 bits per heavy atom. The molecule has 2 atom stereocenters. The summed E-state index contributed by atoms with van der Waals surface area (Å²) in [4.78, 5) is 14.5. The van der Waals surface area contributed by atoms with Gasteiger partial charge in [-0.15, -0.1) is 0 Å². The second-order valence-electron chi connectivity index (χ2n) is 5.40. The molecule has 2 N–H and O–H groups in total. The van der Waals surface area contributed by atoms with E-state index in [0.29, 0.717) is 6.54 Å². The zero-order valence-corrected chi connectivity index (χ0v) is 12.3. The SMILES string of the molecule is CCN(C(=O)C1CCCCN1)C(C)c1cccc(O)c1. The second kappa shape index (κ2) is 6.75. The molecule has 0 saturated carbocycles. The predicted octanol–water partition coefficient (Wildman–Crippen LogP) is 2.44. The Balaban J connectivity index is 2.12. The highest BCUT2D eigenvalue weighted by Gasteiger charge is 2.28. The molecule has 0 aliphatic carbocycles. The summed E-state index contributed by atoms with van der Waals surface area (Å²) in [6.45, 7) is 5.61. The van der Waals surface area contributed by atoms with Gasteiger partial charge in [-0.25, -0.2) is 0 Å². The Kier molecular flexibility index (Phi) is 5.01. The first-order chi connectivity index (χ1) is 9.63. The molecule has 1 aromatic rings. The number of hydrogen-bond donors (Lipinski definition) is 2. The molecule has 0 radical (unpaired) electrons. The Morgan fingerprint density at radius 3 is 2.90 bits per heavy atom. The molecule has 1 aliphatic rings. The monoisotopic (exact) mass is 276 g/mol. The fourth-order valence-corrected chi connectivity index (χ4v) is 2.85. The van der Waals surface area contributed by atoms with E-state index in [1.807, 2.05) is 30.9 Å². The van der Waals surface area contributed by atoms with E-state index in [9.17, 15) is 9.90 Å². The summed E-state index contributed by atoms with van der Waals surface area (Å²) < 4.78 is 0. The van der Waals surface area contributed by atoms with Gasteiger partial charge in [0.05, 0.1) is 12.1 Å². The number of phenols is 1. The molecule has 0 bridgehead atoms. The van der Waals surface area contributed by atoms with Crippen LogP contribution >= 0.6 is 0 Å². The molecule has 110 valence electrons. The minimum absolute atomic E-state index is 0.0247. The Hall–Kier alpha value is -1.55. The Morgan fingerprint density at radius 1 is 1.50 bits per heavy atom. The maximum Gasteiger partial charge on any atom is 0.240 e. The average molecular weight is 276 g/mol. The topological polar surface area (TPSA) is 52.6 Å². The third-order valence-corrected chi connectivity index (χ3v) is 4.05. The molecule has 1 aliphatic heterocycles. The minimum atomic E-state index is -0.0524. The molecule has 1 saturated heterocycles. The highest BCUT2D eigenvalue weighted by Crippen LogP contribution is 2.24. The zero-order valence-electron chi connectivity index (χ0n) is 12.3. The normalized spacial score (nSPS) is 20.4. The first-order valence-electron chi connectivity index (χ1n) is 7.46. The lowest BCUT2D eigenvalue weighted by Gasteiger charge is -2.33. The molecule has 1 aromatic carbocycles. The smallest absolute Gasteiger partial charge is 0.240 e. The van der Waals surface area contributed by atoms with Crippen LogP contribution in [0.2, 0.25) is 0 Å². The van der Waals surface area contributed by atoms with Crippen molar-refractivity contribution in [1.29, 1.82) is 0 Å². The van der Waals surface area contributed by atoms with E-state index in [4.69, 9.17) is 0 Å². The molecule has 1 heterocycles. The van der Waals surface area contributed by atoms with E-state index in [2.05, 4.69) is 5.32 Å². The molecular weight excluding hydrogens is 252 g/mol. The van der Waals surface area contributed by atoms with Gasteiger partial charge in [0.25, 0.3) is 0 Å². The van der Waals surface area contributed by atoms with Crippen LogP contribution in [-0.4, -0.2) is 35.0 Å². The lowest BCUT2D eigenvalue weighted by atomic mass is 10.0. The third-order valence-electron chi connectivity index (χ3n) is 4.05. The van der Waals surface area contributed by atoms with Crippen molar-refractivity contribution in [3.63, 3.8) is 0 Å². The van der Waals surface area contributed by atoms with E-state index in [1.54, 1.807) is 12.1 Å². The van der Waals surface area contributed by atoms with Crippen LogP contribution in [0.3, 0.4) is 0 Å². The number of hydrogen-bond acceptors (Lipinski definition) is 3. The molecule has 1 amide bonds. The molecule has 20 heavy (non-hydrogen) atoms. The maximum absolute atomic E-state index is 12.6. The number of phenolic OH excluding ortho intramolecular Hbond substituents is 1. The van der Waals surface area contributed by atoms with Gasteiger partial charge in [-0.3, -0.25) is 4.79 Å². The molecule has 0 aromatic heterocycles. The third kappa shape index (κ3) is 3.31. The van der Waals surface area contributed by atoms with E-state index >= 15 is 0 Å². The number of piperidine rings is 1. The molecule has 4 heteroatoms. The first-order valence-corrected chi connectivity index (χ1v) is 7.46. The summed E-state index contributed by atoms with van der Waals surface area (Å²) >= 11 is 0. The fraction of sp³-hybridized carbons (Fsp3) is 0.562. The quantitative estimate of drug-likeness (QED) is 0.888. The van der Waals surface area contributed by atoms with Crippen LogP contribution in [0.5, 0.6) is 5.75 Å². The zero-order chi connectivity index (χ0) is 14.5. The van der Waals surface area contributed by atoms with Crippen molar-refractivity contribution in [2.24, 2.45) is 0 Å².